The summed E-state index contributed by atoms with van der Waals surface area (Å²) < 4.78 is 33.8. The van der Waals surface area contributed by atoms with Gasteiger partial charge < -0.3 is 10.4 Å². The third-order valence-electron chi connectivity index (χ3n) is 4.49. The molecule has 0 aliphatic rings. The maximum absolute atomic E-state index is 12.0. The predicted molar refractivity (Wildman–Crippen MR) is 125 cm³/mol. The number of halogens is 2. The van der Waals surface area contributed by atoms with Crippen LogP contribution >= 0.6 is 23.2 Å². The molecule has 0 radical (unpaired) electrons. The zero-order valence-corrected chi connectivity index (χ0v) is 19.0. The molecule has 1 aromatic heterocycles. The normalized spacial score (nSPS) is 11.7. The van der Waals surface area contributed by atoms with E-state index in [1.807, 2.05) is 0 Å². The summed E-state index contributed by atoms with van der Waals surface area (Å²) in [6, 6.07) is 11.8. The van der Waals surface area contributed by atoms with Crippen molar-refractivity contribution in [2.24, 2.45) is 10.2 Å². The Morgan fingerprint density at radius 2 is 1.68 bits per heavy atom. The van der Waals surface area contributed by atoms with Crippen LogP contribution in [-0.2, 0) is 10.1 Å². The average molecular weight is 519 g/mol. The number of carbonyl (C=O) groups excluding carboxylic acids is 1. The Labute approximate surface area is 201 Å². The van der Waals surface area contributed by atoms with Gasteiger partial charge >= 0.3 is 0 Å². The van der Waals surface area contributed by atoms with Gasteiger partial charge in [0.1, 0.15) is 10.6 Å². The number of phenolic OH excluding ortho intramolecular Hbond substituents is 1. The summed E-state index contributed by atoms with van der Waals surface area (Å²) in [7, 11) is -4.82. The number of hydrogen-bond donors (Lipinski definition) is 3. The first kappa shape index (κ1) is 23.4. The number of rotatable bonds is 6. The molecule has 34 heavy (non-hydrogen) atoms. The lowest BCUT2D eigenvalue weighted by atomic mass is 10.1. The largest absolute Gasteiger partial charge is 0.505 e. The third-order valence-corrected chi connectivity index (χ3v) is 5.69. The van der Waals surface area contributed by atoms with Crippen LogP contribution in [0.4, 0.5) is 23.0 Å². The van der Waals surface area contributed by atoms with Gasteiger partial charge in [-0.05, 0) is 65.0 Å². The number of nitrogens with zero attached hydrogens (tertiary/aromatic N) is 5. The van der Waals surface area contributed by atoms with Crippen molar-refractivity contribution in [1.82, 2.24) is 15.0 Å². The van der Waals surface area contributed by atoms with Crippen molar-refractivity contribution in [2.75, 3.05) is 5.32 Å². The quantitative estimate of drug-likeness (QED) is 0.175. The molecule has 0 saturated heterocycles. The van der Waals surface area contributed by atoms with Crippen molar-refractivity contribution >= 4 is 73.4 Å². The Balaban J connectivity index is 1.82. The van der Waals surface area contributed by atoms with Gasteiger partial charge in [-0.1, -0.05) is 12.1 Å². The van der Waals surface area contributed by atoms with Crippen LogP contribution < -0.4 is 5.32 Å². The number of carbonyl (C=O) groups is 1. The average Bonchev–Trinajstić information content (AvgIpc) is 2.77. The fourth-order valence-electron chi connectivity index (χ4n) is 3.02. The number of fused-ring (bicyclic) bond motifs is 1. The molecule has 11 nitrogen and oxygen atoms in total. The van der Waals surface area contributed by atoms with Gasteiger partial charge in [-0.15, -0.1) is 10.2 Å². The van der Waals surface area contributed by atoms with E-state index in [0.717, 1.165) is 6.07 Å². The molecule has 0 bridgehead atoms. The second kappa shape index (κ2) is 9.27. The fraction of sp³-hybridized carbons (Fsp3) is 0. The molecule has 0 spiro atoms. The molecule has 4 aromatic rings. The third kappa shape index (κ3) is 4.94. The van der Waals surface area contributed by atoms with E-state index in [9.17, 15) is 22.9 Å². The van der Waals surface area contributed by atoms with Crippen LogP contribution in [0.1, 0.15) is 10.4 Å². The zero-order valence-electron chi connectivity index (χ0n) is 16.7. The lowest BCUT2D eigenvalue weighted by Gasteiger charge is -2.11. The van der Waals surface area contributed by atoms with E-state index in [2.05, 4.69) is 30.5 Å². The molecule has 0 atom stereocenters. The Morgan fingerprint density at radius 3 is 2.35 bits per heavy atom. The summed E-state index contributed by atoms with van der Waals surface area (Å²) in [5.41, 5.74) is 0.245. The number of azo groups is 1. The second-order valence-electron chi connectivity index (χ2n) is 6.68. The molecule has 14 heteroatoms. The van der Waals surface area contributed by atoms with E-state index in [4.69, 9.17) is 23.2 Å². The lowest BCUT2D eigenvalue weighted by molar-refractivity contribution is 0.112. The molecule has 1 heterocycles. The van der Waals surface area contributed by atoms with Gasteiger partial charge in [-0.2, -0.15) is 23.4 Å². The van der Waals surface area contributed by atoms with Crippen molar-refractivity contribution in [3.63, 3.8) is 0 Å². The molecule has 0 aliphatic heterocycles. The Bertz CT molecular complexity index is 1560. The van der Waals surface area contributed by atoms with E-state index in [1.54, 1.807) is 18.2 Å². The van der Waals surface area contributed by atoms with Crippen LogP contribution in [-0.4, -0.2) is 39.3 Å². The van der Waals surface area contributed by atoms with Crippen LogP contribution in [0.2, 0.25) is 10.6 Å². The van der Waals surface area contributed by atoms with Gasteiger partial charge in [0.05, 0.1) is 5.69 Å². The van der Waals surface area contributed by atoms with E-state index >= 15 is 0 Å². The van der Waals surface area contributed by atoms with Crippen LogP contribution in [0, 0.1) is 0 Å². The predicted octanol–water partition coefficient (Wildman–Crippen LogP) is 5.26. The minimum absolute atomic E-state index is 0.0304. The second-order valence-corrected chi connectivity index (χ2v) is 8.75. The summed E-state index contributed by atoms with van der Waals surface area (Å²) in [6.07, 6.45) is 0.555. The lowest BCUT2D eigenvalue weighted by Crippen LogP contribution is -2.00. The molecule has 0 unspecified atom stereocenters. The summed E-state index contributed by atoms with van der Waals surface area (Å²) in [5.74, 6) is -0.516. The fourth-order valence-corrected chi connectivity index (χ4v) is 4.04. The van der Waals surface area contributed by atoms with Crippen LogP contribution in [0.5, 0.6) is 5.75 Å². The van der Waals surface area contributed by atoms with Gasteiger partial charge in [0.25, 0.3) is 10.1 Å². The van der Waals surface area contributed by atoms with Gasteiger partial charge in [0.2, 0.25) is 16.5 Å². The van der Waals surface area contributed by atoms with Crippen LogP contribution in [0.15, 0.2) is 63.7 Å². The Kier molecular flexibility index (Phi) is 6.39. The first-order chi connectivity index (χ1) is 16.2. The number of aromatic hydroxyl groups is 1. The van der Waals surface area contributed by atoms with Crippen molar-refractivity contribution in [3.8, 4) is 5.75 Å². The molecule has 0 amide bonds. The minimum Gasteiger partial charge on any atom is -0.505 e. The van der Waals surface area contributed by atoms with Crippen molar-refractivity contribution in [2.45, 2.75) is 4.90 Å². The molecule has 4 rings (SSSR count). The summed E-state index contributed by atoms with van der Waals surface area (Å²) >= 11 is 11.5. The maximum atomic E-state index is 12.0. The van der Waals surface area contributed by atoms with E-state index in [0.29, 0.717) is 12.0 Å². The number of phenols is 1. The first-order valence-corrected chi connectivity index (χ1v) is 11.4. The topological polar surface area (TPSA) is 167 Å². The van der Waals surface area contributed by atoms with Gasteiger partial charge in [0, 0.05) is 16.6 Å². The highest BCUT2D eigenvalue weighted by molar-refractivity contribution is 7.86. The Morgan fingerprint density at radius 1 is 0.971 bits per heavy atom. The standard InChI is InChI=1S/C20H12Cl2N6O5S/c21-18-24-19(22)26-20(25-18)23-12-5-6-13-11(7-12)8-15(34(31,32)33)16(17(13)30)28-27-14-4-2-1-3-10(14)9-29/h1-9,30H,(H,31,32,33)(H,23,24,25,26). The van der Waals surface area contributed by atoms with Crippen molar-refractivity contribution in [3.05, 3.63) is 64.7 Å². The van der Waals surface area contributed by atoms with E-state index in [1.165, 1.54) is 24.3 Å². The SMILES string of the molecule is O=Cc1ccccc1N=Nc1c(S(=O)(=O)O)cc2cc(Nc3nc(Cl)nc(Cl)n3)ccc2c1O. The monoisotopic (exact) mass is 518 g/mol. The molecule has 0 aliphatic carbocycles. The van der Waals surface area contributed by atoms with E-state index < -0.39 is 26.5 Å². The maximum Gasteiger partial charge on any atom is 0.296 e. The Hall–Kier alpha value is -3.71. The number of anilines is 2. The number of hydrogen-bond acceptors (Lipinski definition) is 10. The summed E-state index contributed by atoms with van der Waals surface area (Å²) in [6.45, 7) is 0. The van der Waals surface area contributed by atoms with Gasteiger partial charge in [0.15, 0.2) is 12.0 Å². The zero-order chi connectivity index (χ0) is 24.5. The van der Waals surface area contributed by atoms with E-state index in [-0.39, 0.29) is 38.5 Å². The van der Waals surface area contributed by atoms with Crippen LogP contribution in [0.3, 0.4) is 0 Å². The van der Waals surface area contributed by atoms with Gasteiger partial charge in [-0.3, -0.25) is 9.35 Å². The summed E-state index contributed by atoms with van der Waals surface area (Å²) in [5, 5.41) is 21.5. The molecule has 3 N–H and O–H groups in total. The number of aromatic nitrogens is 3. The summed E-state index contributed by atoms with van der Waals surface area (Å²) in [4.78, 5) is 21.9. The number of benzene rings is 3. The number of aldehydes is 1. The molecule has 172 valence electrons. The molecule has 0 fully saturated rings. The highest BCUT2D eigenvalue weighted by Crippen LogP contribution is 2.42. The highest BCUT2D eigenvalue weighted by Gasteiger charge is 2.22. The molecule has 3 aromatic carbocycles. The minimum atomic E-state index is -4.82. The number of nitrogens with one attached hydrogen (secondary N) is 1. The highest BCUT2D eigenvalue weighted by atomic mass is 35.5. The molecular weight excluding hydrogens is 507 g/mol. The first-order valence-electron chi connectivity index (χ1n) is 9.23. The van der Waals surface area contributed by atoms with Crippen molar-refractivity contribution in [1.29, 1.82) is 0 Å². The van der Waals surface area contributed by atoms with Crippen molar-refractivity contribution < 1.29 is 22.9 Å². The van der Waals surface area contributed by atoms with Crippen LogP contribution in [0.25, 0.3) is 10.8 Å². The van der Waals surface area contributed by atoms with Gasteiger partial charge in [-0.25, -0.2) is 0 Å². The molecule has 0 saturated carbocycles. The smallest absolute Gasteiger partial charge is 0.296 e. The molecular formula is C20H12Cl2N6O5S.